The van der Waals surface area contributed by atoms with Crippen LogP contribution in [-0.2, 0) is 11.3 Å². The van der Waals surface area contributed by atoms with Gasteiger partial charge in [0.25, 0.3) is 0 Å². The summed E-state index contributed by atoms with van der Waals surface area (Å²) in [6.07, 6.45) is 8.21. The number of methoxy groups -OCH3 is 1. The standard InChI is InChI=1S/C17H26N4O2.HI/c1-3-18-17(21-15-8-4-5-9-15)20-13-14-7-6-10-19-16(14)23-12-11-22-2;/h4-7,10,15H,3,8-9,11-13H2,1-2H3,(H2,18,20,21);1H. The molecule has 0 aromatic carbocycles. The van der Waals surface area contributed by atoms with Crippen molar-refractivity contribution < 1.29 is 9.47 Å². The highest BCUT2D eigenvalue weighted by molar-refractivity contribution is 14.0. The lowest BCUT2D eigenvalue weighted by Crippen LogP contribution is -2.42. The molecule has 7 heteroatoms. The van der Waals surface area contributed by atoms with Crippen LogP contribution in [0.4, 0.5) is 0 Å². The molecule has 1 aliphatic rings. The molecule has 6 nitrogen and oxygen atoms in total. The molecule has 1 aromatic rings. The van der Waals surface area contributed by atoms with Crippen LogP contribution in [0.1, 0.15) is 25.3 Å². The Morgan fingerprint density at radius 3 is 2.83 bits per heavy atom. The lowest BCUT2D eigenvalue weighted by atomic mass is 10.2. The predicted molar refractivity (Wildman–Crippen MR) is 107 cm³/mol. The molecule has 0 aliphatic heterocycles. The van der Waals surface area contributed by atoms with E-state index in [2.05, 4.69) is 39.7 Å². The second-order valence-corrected chi connectivity index (χ2v) is 5.29. The van der Waals surface area contributed by atoms with Crippen molar-refractivity contribution in [3.05, 3.63) is 36.0 Å². The minimum Gasteiger partial charge on any atom is -0.475 e. The largest absolute Gasteiger partial charge is 0.475 e. The van der Waals surface area contributed by atoms with Gasteiger partial charge in [-0.3, -0.25) is 0 Å². The molecule has 0 bridgehead atoms. The number of hydrogen-bond acceptors (Lipinski definition) is 4. The van der Waals surface area contributed by atoms with Crippen LogP contribution in [0.2, 0.25) is 0 Å². The molecule has 0 saturated heterocycles. The van der Waals surface area contributed by atoms with Crippen molar-refractivity contribution in [2.75, 3.05) is 26.9 Å². The molecule has 0 atom stereocenters. The molecule has 0 unspecified atom stereocenters. The molecule has 0 saturated carbocycles. The SMILES string of the molecule is CCNC(=NCc1cccnc1OCCOC)NC1CC=CC1.I. The number of nitrogens with one attached hydrogen (secondary N) is 2. The molecule has 1 heterocycles. The highest BCUT2D eigenvalue weighted by Gasteiger charge is 2.12. The third-order valence-corrected chi connectivity index (χ3v) is 3.48. The Morgan fingerprint density at radius 2 is 2.12 bits per heavy atom. The van der Waals surface area contributed by atoms with Gasteiger partial charge in [0.2, 0.25) is 5.88 Å². The molecule has 0 spiro atoms. The van der Waals surface area contributed by atoms with Gasteiger partial charge in [0, 0.05) is 31.5 Å². The fraction of sp³-hybridized carbons (Fsp3) is 0.529. The van der Waals surface area contributed by atoms with Crippen molar-refractivity contribution >= 4 is 29.9 Å². The van der Waals surface area contributed by atoms with Crippen LogP contribution < -0.4 is 15.4 Å². The third-order valence-electron chi connectivity index (χ3n) is 3.48. The van der Waals surface area contributed by atoms with Gasteiger partial charge in [0.15, 0.2) is 5.96 Å². The summed E-state index contributed by atoms with van der Waals surface area (Å²) in [4.78, 5) is 8.93. The van der Waals surface area contributed by atoms with Crippen molar-refractivity contribution in [3.8, 4) is 5.88 Å². The van der Waals surface area contributed by atoms with Crippen LogP contribution in [0.15, 0.2) is 35.5 Å². The zero-order chi connectivity index (χ0) is 16.3. The maximum Gasteiger partial charge on any atom is 0.218 e. The molecule has 2 N–H and O–H groups in total. The molecular formula is C17H27IN4O2. The number of ether oxygens (including phenoxy) is 2. The number of pyridine rings is 1. The van der Waals surface area contributed by atoms with Crippen LogP contribution in [0.5, 0.6) is 5.88 Å². The van der Waals surface area contributed by atoms with Crippen LogP contribution >= 0.6 is 24.0 Å². The average molecular weight is 446 g/mol. The normalized spacial score (nSPS) is 14.3. The lowest BCUT2D eigenvalue weighted by molar-refractivity contribution is 0.143. The Bertz CT molecular complexity index is 529. The minimum absolute atomic E-state index is 0. The van der Waals surface area contributed by atoms with Gasteiger partial charge in [-0.05, 0) is 25.8 Å². The topological polar surface area (TPSA) is 67.8 Å². The summed E-state index contributed by atoms with van der Waals surface area (Å²) >= 11 is 0. The van der Waals surface area contributed by atoms with Crippen molar-refractivity contribution in [3.63, 3.8) is 0 Å². The second kappa shape index (κ2) is 12.1. The first kappa shape index (κ1) is 20.7. The Labute approximate surface area is 161 Å². The van der Waals surface area contributed by atoms with Gasteiger partial charge in [0.1, 0.15) is 6.61 Å². The Hall–Kier alpha value is -1.35. The number of hydrogen-bond donors (Lipinski definition) is 2. The first-order chi connectivity index (χ1) is 11.3. The van der Waals surface area contributed by atoms with E-state index in [1.165, 1.54) is 0 Å². The molecule has 1 aromatic heterocycles. The minimum atomic E-state index is 0. The summed E-state index contributed by atoms with van der Waals surface area (Å²) < 4.78 is 10.6. The van der Waals surface area contributed by atoms with Crippen molar-refractivity contribution in [2.24, 2.45) is 4.99 Å². The molecule has 1 aliphatic carbocycles. The van der Waals surface area contributed by atoms with E-state index in [1.54, 1.807) is 13.3 Å². The molecule has 2 rings (SSSR count). The summed E-state index contributed by atoms with van der Waals surface area (Å²) in [5.41, 5.74) is 0.963. The van der Waals surface area contributed by atoms with Crippen molar-refractivity contribution in [1.82, 2.24) is 15.6 Å². The smallest absolute Gasteiger partial charge is 0.218 e. The highest BCUT2D eigenvalue weighted by atomic mass is 127. The maximum atomic E-state index is 5.65. The quantitative estimate of drug-likeness (QED) is 0.211. The van der Waals surface area contributed by atoms with Crippen LogP contribution in [0.3, 0.4) is 0 Å². The zero-order valence-corrected chi connectivity index (χ0v) is 16.7. The number of aliphatic imine (C=N–C) groups is 1. The first-order valence-corrected chi connectivity index (χ1v) is 8.09. The van der Waals surface area contributed by atoms with Gasteiger partial charge >= 0.3 is 0 Å². The van der Waals surface area contributed by atoms with E-state index in [1.807, 2.05) is 12.1 Å². The second-order valence-electron chi connectivity index (χ2n) is 5.29. The monoisotopic (exact) mass is 446 g/mol. The van der Waals surface area contributed by atoms with Crippen molar-refractivity contribution in [2.45, 2.75) is 32.4 Å². The number of nitrogens with zero attached hydrogens (tertiary/aromatic N) is 2. The van der Waals surface area contributed by atoms with E-state index in [9.17, 15) is 0 Å². The summed E-state index contributed by atoms with van der Waals surface area (Å²) in [5, 5.41) is 6.74. The van der Waals surface area contributed by atoms with Gasteiger partial charge < -0.3 is 20.1 Å². The first-order valence-electron chi connectivity index (χ1n) is 8.09. The van der Waals surface area contributed by atoms with Crippen molar-refractivity contribution in [1.29, 1.82) is 0 Å². The molecule has 0 amide bonds. The van der Waals surface area contributed by atoms with Crippen LogP contribution in [0, 0.1) is 0 Å². The fourth-order valence-electron chi connectivity index (χ4n) is 2.31. The fourth-order valence-corrected chi connectivity index (χ4v) is 2.31. The van der Waals surface area contributed by atoms with E-state index in [0.717, 1.165) is 30.9 Å². The molecular weight excluding hydrogens is 419 g/mol. The summed E-state index contributed by atoms with van der Waals surface area (Å²) in [5.74, 6) is 1.44. The summed E-state index contributed by atoms with van der Waals surface area (Å²) in [7, 11) is 1.65. The van der Waals surface area contributed by atoms with E-state index in [4.69, 9.17) is 9.47 Å². The maximum absolute atomic E-state index is 5.65. The van der Waals surface area contributed by atoms with E-state index in [0.29, 0.717) is 31.7 Å². The van der Waals surface area contributed by atoms with E-state index < -0.39 is 0 Å². The summed E-state index contributed by atoms with van der Waals surface area (Å²) in [6.45, 7) is 4.43. The third kappa shape index (κ3) is 7.04. The Balaban J connectivity index is 0.00000288. The Morgan fingerprint density at radius 1 is 1.33 bits per heavy atom. The number of halogens is 1. The number of rotatable bonds is 8. The predicted octanol–water partition coefficient (Wildman–Crippen LogP) is 2.50. The van der Waals surface area contributed by atoms with Gasteiger partial charge in [-0.1, -0.05) is 18.2 Å². The number of guanidine groups is 1. The molecule has 0 fully saturated rings. The summed E-state index contributed by atoms with van der Waals surface area (Å²) in [6, 6.07) is 4.31. The lowest BCUT2D eigenvalue weighted by Gasteiger charge is -2.17. The van der Waals surface area contributed by atoms with E-state index in [-0.39, 0.29) is 24.0 Å². The van der Waals surface area contributed by atoms with Gasteiger partial charge in [-0.15, -0.1) is 24.0 Å². The molecule has 134 valence electrons. The average Bonchev–Trinajstić information content (AvgIpc) is 3.07. The highest BCUT2D eigenvalue weighted by Crippen LogP contribution is 2.15. The van der Waals surface area contributed by atoms with Gasteiger partial charge in [-0.2, -0.15) is 0 Å². The van der Waals surface area contributed by atoms with Gasteiger partial charge in [0.05, 0.1) is 13.2 Å². The Kier molecular flexibility index (Phi) is 10.4. The number of aromatic nitrogens is 1. The molecule has 24 heavy (non-hydrogen) atoms. The van der Waals surface area contributed by atoms with Crippen LogP contribution in [-0.4, -0.2) is 43.9 Å². The van der Waals surface area contributed by atoms with Gasteiger partial charge in [-0.25, -0.2) is 9.98 Å². The van der Waals surface area contributed by atoms with E-state index >= 15 is 0 Å². The zero-order valence-electron chi connectivity index (χ0n) is 14.3. The molecule has 0 radical (unpaired) electrons. The van der Waals surface area contributed by atoms with Crippen LogP contribution in [0.25, 0.3) is 0 Å².